The Morgan fingerprint density at radius 3 is 2.50 bits per heavy atom. The van der Waals surface area contributed by atoms with Gasteiger partial charge in [0.25, 0.3) is 0 Å². The molecule has 0 spiro atoms. The van der Waals surface area contributed by atoms with Gasteiger partial charge in [-0.2, -0.15) is 13.2 Å². The van der Waals surface area contributed by atoms with Gasteiger partial charge in [0.15, 0.2) is 5.78 Å². The normalized spacial score (nSPS) is 16.8. The zero-order valence-corrected chi connectivity index (χ0v) is 13.5. The molecule has 1 aliphatic rings. The second kappa shape index (κ2) is 7.43. The Morgan fingerprint density at radius 2 is 1.96 bits per heavy atom. The van der Waals surface area contributed by atoms with Gasteiger partial charge in [0.2, 0.25) is 6.10 Å². The van der Waals surface area contributed by atoms with E-state index in [4.69, 9.17) is 9.84 Å². The van der Waals surface area contributed by atoms with Gasteiger partial charge in [-0.1, -0.05) is 31.4 Å². The average molecular weight is 364 g/mol. The summed E-state index contributed by atoms with van der Waals surface area (Å²) in [6, 6.07) is 3.87. The highest BCUT2D eigenvalue weighted by Gasteiger charge is 2.48. The molecule has 1 aromatic rings. The topological polar surface area (TPSA) is 63.6 Å². The first kappa shape index (κ1) is 19.2. The zero-order chi connectivity index (χ0) is 19.5. The van der Waals surface area contributed by atoms with E-state index < -0.39 is 23.8 Å². The third-order valence-corrected chi connectivity index (χ3v) is 3.67. The summed E-state index contributed by atoms with van der Waals surface area (Å²) >= 11 is 0. The Kier molecular flexibility index (Phi) is 5.50. The number of alkyl halides is 3. The van der Waals surface area contributed by atoms with Crippen LogP contribution in [0.2, 0.25) is 0 Å². The Labute approximate surface area is 147 Å². The highest BCUT2D eigenvalue weighted by atomic mass is 19.4. The molecule has 1 aliphatic heterocycles. The van der Waals surface area contributed by atoms with Crippen LogP contribution in [0.25, 0.3) is 6.08 Å². The van der Waals surface area contributed by atoms with Crippen LogP contribution in [0.15, 0.2) is 60.7 Å². The monoisotopic (exact) mass is 364 g/mol. The minimum atomic E-state index is -4.87. The smallest absolute Gasteiger partial charge is 0.430 e. The maximum atomic E-state index is 13.0. The quantitative estimate of drug-likeness (QED) is 0.602. The molecular weight excluding hydrogens is 349 g/mol. The van der Waals surface area contributed by atoms with E-state index in [1.165, 1.54) is 30.4 Å². The number of hydrogen-bond donors (Lipinski definition) is 1. The summed E-state index contributed by atoms with van der Waals surface area (Å²) < 4.78 is 43.8. The molecule has 7 heteroatoms. The van der Waals surface area contributed by atoms with E-state index in [2.05, 4.69) is 13.2 Å². The summed E-state index contributed by atoms with van der Waals surface area (Å²) in [5.41, 5.74) is 0.00280. The third-order valence-electron chi connectivity index (χ3n) is 3.67. The minimum Gasteiger partial charge on any atom is -0.478 e. The fourth-order valence-corrected chi connectivity index (χ4v) is 2.43. The van der Waals surface area contributed by atoms with Gasteiger partial charge in [-0.05, 0) is 29.8 Å². The molecule has 0 aromatic heterocycles. The van der Waals surface area contributed by atoms with E-state index in [1.807, 2.05) is 0 Å². The van der Waals surface area contributed by atoms with E-state index in [0.717, 1.165) is 6.08 Å². The number of benzene rings is 1. The van der Waals surface area contributed by atoms with Crippen LogP contribution >= 0.6 is 0 Å². The molecule has 1 aromatic carbocycles. The van der Waals surface area contributed by atoms with Crippen molar-refractivity contribution in [3.63, 3.8) is 0 Å². The lowest BCUT2D eigenvalue weighted by atomic mass is 9.96. The lowest BCUT2D eigenvalue weighted by molar-refractivity contribution is -0.187. The predicted molar refractivity (Wildman–Crippen MR) is 90.0 cm³/mol. The van der Waals surface area contributed by atoms with Gasteiger partial charge in [0, 0.05) is 17.5 Å². The standard InChI is InChI=1S/C19H15F3O4/c1-3-5-11(4-2)8-15(23)12-6-7-16-13(9-12)10-14(18(24)25)17(26-16)19(20,21)22/h3-7,9-10,17H,1-2,8H2,(H,24,25)/b11-5+. The van der Waals surface area contributed by atoms with E-state index >= 15 is 0 Å². The molecule has 0 fully saturated rings. The minimum absolute atomic E-state index is 0.0237. The third kappa shape index (κ3) is 4.11. The van der Waals surface area contributed by atoms with Gasteiger partial charge in [0.1, 0.15) is 5.75 Å². The average Bonchev–Trinajstić information content (AvgIpc) is 2.58. The number of ether oxygens (including phenoxy) is 1. The number of fused-ring (bicyclic) bond motifs is 1. The number of carbonyl (C=O) groups is 2. The number of rotatable bonds is 6. The molecule has 136 valence electrons. The predicted octanol–water partition coefficient (Wildman–Crippen LogP) is 4.35. The van der Waals surface area contributed by atoms with Crippen molar-refractivity contribution in [3.8, 4) is 5.75 Å². The van der Waals surface area contributed by atoms with Gasteiger partial charge in [-0.15, -0.1) is 0 Å². The Bertz CT molecular complexity index is 832. The van der Waals surface area contributed by atoms with Crippen LogP contribution in [0.1, 0.15) is 22.3 Å². The number of halogens is 3. The van der Waals surface area contributed by atoms with Crippen LogP contribution in [0.3, 0.4) is 0 Å². The molecule has 0 radical (unpaired) electrons. The molecule has 0 bridgehead atoms. The summed E-state index contributed by atoms with van der Waals surface area (Å²) in [6.07, 6.45) is -1.91. The van der Waals surface area contributed by atoms with Gasteiger partial charge < -0.3 is 9.84 Å². The number of carboxylic acids is 1. The Hall–Kier alpha value is -3.09. The number of ketones is 1. The first-order valence-corrected chi connectivity index (χ1v) is 7.47. The fourth-order valence-electron chi connectivity index (χ4n) is 2.43. The summed E-state index contributed by atoms with van der Waals surface area (Å²) in [5, 5.41) is 9.04. The van der Waals surface area contributed by atoms with Crippen molar-refractivity contribution in [2.24, 2.45) is 0 Å². The van der Waals surface area contributed by atoms with Crippen LogP contribution in [0.5, 0.6) is 5.75 Å². The largest absolute Gasteiger partial charge is 0.478 e. The van der Waals surface area contributed by atoms with Crippen LogP contribution in [-0.2, 0) is 4.79 Å². The number of allylic oxidation sites excluding steroid dienone is 4. The number of Topliss-reactive ketones (excluding diaryl/α,β-unsaturated/α-hetero) is 1. The molecule has 0 amide bonds. The lowest BCUT2D eigenvalue weighted by Crippen LogP contribution is -2.40. The van der Waals surface area contributed by atoms with E-state index in [9.17, 15) is 22.8 Å². The molecular formula is C19H15F3O4. The summed E-state index contributed by atoms with van der Waals surface area (Å²) in [4.78, 5) is 23.5. The lowest BCUT2D eigenvalue weighted by Gasteiger charge is -2.27. The number of hydrogen-bond acceptors (Lipinski definition) is 3. The van der Waals surface area contributed by atoms with Gasteiger partial charge in [-0.25, -0.2) is 4.79 Å². The first-order valence-electron chi connectivity index (χ1n) is 7.47. The molecule has 1 N–H and O–H groups in total. The highest BCUT2D eigenvalue weighted by Crippen LogP contribution is 2.37. The van der Waals surface area contributed by atoms with Crippen molar-refractivity contribution in [3.05, 3.63) is 71.9 Å². The molecule has 1 atom stereocenters. The van der Waals surface area contributed by atoms with Gasteiger partial charge in [0.05, 0.1) is 5.57 Å². The number of carbonyl (C=O) groups excluding carboxylic acids is 1. The van der Waals surface area contributed by atoms with Crippen molar-refractivity contribution in [1.29, 1.82) is 0 Å². The van der Waals surface area contributed by atoms with E-state index in [1.54, 1.807) is 6.08 Å². The maximum absolute atomic E-state index is 13.0. The van der Waals surface area contributed by atoms with Crippen LogP contribution in [-0.4, -0.2) is 29.1 Å². The fraction of sp³-hybridized carbons (Fsp3) is 0.158. The summed E-state index contributed by atoms with van der Waals surface area (Å²) in [6.45, 7) is 7.12. The maximum Gasteiger partial charge on any atom is 0.430 e. The number of aliphatic carboxylic acids is 1. The molecule has 0 aliphatic carbocycles. The van der Waals surface area contributed by atoms with Crippen molar-refractivity contribution in [2.45, 2.75) is 18.7 Å². The van der Waals surface area contributed by atoms with Crippen molar-refractivity contribution >= 4 is 17.8 Å². The molecule has 1 heterocycles. The molecule has 26 heavy (non-hydrogen) atoms. The number of carboxylic acid groups (broad SMARTS) is 1. The first-order chi connectivity index (χ1) is 12.2. The molecule has 2 rings (SSSR count). The summed E-state index contributed by atoms with van der Waals surface area (Å²) in [5.74, 6) is -2.18. The van der Waals surface area contributed by atoms with Gasteiger partial charge >= 0.3 is 12.1 Å². The molecule has 1 unspecified atom stereocenters. The van der Waals surface area contributed by atoms with Crippen LogP contribution < -0.4 is 4.74 Å². The van der Waals surface area contributed by atoms with Crippen molar-refractivity contribution in [1.82, 2.24) is 0 Å². The van der Waals surface area contributed by atoms with Crippen LogP contribution in [0.4, 0.5) is 13.2 Å². The van der Waals surface area contributed by atoms with Crippen molar-refractivity contribution in [2.75, 3.05) is 0 Å². The Balaban J connectivity index is 2.39. The highest BCUT2D eigenvalue weighted by molar-refractivity contribution is 6.00. The Morgan fingerprint density at radius 1 is 1.27 bits per heavy atom. The second-order valence-electron chi connectivity index (χ2n) is 5.48. The zero-order valence-electron chi connectivity index (χ0n) is 13.5. The van der Waals surface area contributed by atoms with E-state index in [-0.39, 0.29) is 29.1 Å². The summed E-state index contributed by atoms with van der Waals surface area (Å²) in [7, 11) is 0. The van der Waals surface area contributed by atoms with E-state index in [0.29, 0.717) is 5.57 Å². The SMILES string of the molecule is C=C/C=C(\C=C)CC(=O)c1ccc2c(c1)C=C(C(=O)O)C(C(F)(F)F)O2. The molecule has 0 saturated heterocycles. The molecule has 0 saturated carbocycles. The molecule has 4 nitrogen and oxygen atoms in total. The van der Waals surface area contributed by atoms with Gasteiger partial charge in [-0.3, -0.25) is 4.79 Å². The second-order valence-corrected chi connectivity index (χ2v) is 5.48. The van der Waals surface area contributed by atoms with Crippen LogP contribution in [0, 0.1) is 0 Å². The van der Waals surface area contributed by atoms with Crippen molar-refractivity contribution < 1.29 is 32.6 Å².